The van der Waals surface area contributed by atoms with E-state index in [4.69, 9.17) is 23.4 Å². The molecule has 0 amide bonds. The number of fused-ring (bicyclic) bond motifs is 6. The largest absolute Gasteiger partial charge is 0.496 e. The summed E-state index contributed by atoms with van der Waals surface area (Å²) in [6.45, 7) is 0.633. The summed E-state index contributed by atoms with van der Waals surface area (Å²) in [5, 5.41) is 0.822. The van der Waals surface area contributed by atoms with Gasteiger partial charge in [0.2, 0.25) is 11.7 Å². The summed E-state index contributed by atoms with van der Waals surface area (Å²) in [6.07, 6.45) is 0.510. The fraction of sp³-hybridized carbons (Fsp3) is 0.316. The highest BCUT2D eigenvalue weighted by atomic mass is 16.7. The van der Waals surface area contributed by atoms with Crippen LogP contribution in [0.3, 0.4) is 0 Å². The molecule has 6 heteroatoms. The van der Waals surface area contributed by atoms with Crippen LogP contribution in [0.1, 0.15) is 17.9 Å². The van der Waals surface area contributed by atoms with Gasteiger partial charge in [0.15, 0.2) is 0 Å². The van der Waals surface area contributed by atoms with E-state index in [1.807, 2.05) is 0 Å². The molecule has 2 aliphatic rings. The Bertz CT molecular complexity index is 1070. The Morgan fingerprint density at radius 2 is 1.96 bits per heavy atom. The van der Waals surface area contributed by atoms with Crippen LogP contribution in [0.25, 0.3) is 21.9 Å². The molecule has 2 aliphatic heterocycles. The molecule has 5 rings (SSSR count). The van der Waals surface area contributed by atoms with Gasteiger partial charge in [0, 0.05) is 11.6 Å². The summed E-state index contributed by atoms with van der Waals surface area (Å²) in [6, 6.07) is 7.06. The molecule has 0 spiro atoms. The molecule has 1 aromatic heterocycles. The molecule has 0 bridgehead atoms. The predicted molar refractivity (Wildman–Crippen MR) is 90.8 cm³/mol. The zero-order valence-corrected chi connectivity index (χ0v) is 13.8. The van der Waals surface area contributed by atoms with Crippen LogP contribution in [0.5, 0.6) is 17.2 Å². The third kappa shape index (κ3) is 1.85. The van der Waals surface area contributed by atoms with Gasteiger partial charge in [-0.1, -0.05) is 6.07 Å². The van der Waals surface area contributed by atoms with E-state index in [1.165, 1.54) is 14.2 Å². The Labute approximate surface area is 142 Å². The summed E-state index contributed by atoms with van der Waals surface area (Å²) in [7, 11) is 3.06. The summed E-state index contributed by atoms with van der Waals surface area (Å²) >= 11 is 0. The van der Waals surface area contributed by atoms with Crippen molar-refractivity contribution in [2.24, 2.45) is 0 Å². The van der Waals surface area contributed by atoms with E-state index in [2.05, 4.69) is 0 Å². The molecule has 2 aromatic carbocycles. The maximum Gasteiger partial charge on any atom is 0.208 e. The first-order valence-electron chi connectivity index (χ1n) is 8.15. The Morgan fingerprint density at radius 3 is 2.76 bits per heavy atom. The molecule has 6 nitrogen and oxygen atoms in total. The van der Waals surface area contributed by atoms with Crippen molar-refractivity contribution in [3.63, 3.8) is 0 Å². The fourth-order valence-corrected chi connectivity index (χ4v) is 3.87. The van der Waals surface area contributed by atoms with E-state index in [-0.39, 0.29) is 17.6 Å². The van der Waals surface area contributed by atoms with Crippen LogP contribution in [-0.2, 0) is 4.74 Å². The van der Waals surface area contributed by atoms with E-state index in [9.17, 15) is 4.79 Å². The van der Waals surface area contributed by atoms with Gasteiger partial charge in [-0.2, -0.15) is 0 Å². The quantitative estimate of drug-likeness (QED) is 0.668. The van der Waals surface area contributed by atoms with Gasteiger partial charge in [0.25, 0.3) is 0 Å². The first-order chi connectivity index (χ1) is 12.2. The molecular formula is C19H16O6. The minimum absolute atomic E-state index is 0.0645. The maximum atomic E-state index is 13.2. The third-order valence-electron chi connectivity index (χ3n) is 4.99. The Hall–Kier alpha value is -2.73. The van der Waals surface area contributed by atoms with Gasteiger partial charge in [0.1, 0.15) is 39.2 Å². The van der Waals surface area contributed by atoms with Gasteiger partial charge < -0.3 is 23.4 Å². The van der Waals surface area contributed by atoms with Crippen molar-refractivity contribution in [3.05, 3.63) is 40.1 Å². The second-order valence-corrected chi connectivity index (χ2v) is 6.21. The van der Waals surface area contributed by atoms with Crippen molar-refractivity contribution in [2.45, 2.75) is 18.6 Å². The second kappa shape index (κ2) is 5.13. The van der Waals surface area contributed by atoms with Crippen LogP contribution in [0.2, 0.25) is 0 Å². The lowest BCUT2D eigenvalue weighted by molar-refractivity contribution is -0.0337. The van der Waals surface area contributed by atoms with Gasteiger partial charge >= 0.3 is 0 Å². The zero-order valence-electron chi connectivity index (χ0n) is 13.8. The number of methoxy groups -OCH3 is 2. The van der Waals surface area contributed by atoms with Crippen molar-refractivity contribution in [1.29, 1.82) is 0 Å². The van der Waals surface area contributed by atoms with Gasteiger partial charge in [0.05, 0.1) is 26.7 Å². The molecule has 1 saturated heterocycles. The predicted octanol–water partition coefficient (Wildman–Crippen LogP) is 3.19. The van der Waals surface area contributed by atoms with Crippen molar-refractivity contribution in [2.75, 3.05) is 20.8 Å². The van der Waals surface area contributed by atoms with E-state index >= 15 is 0 Å². The lowest BCUT2D eigenvalue weighted by Gasteiger charge is -2.12. The van der Waals surface area contributed by atoms with Crippen LogP contribution in [0.15, 0.2) is 33.5 Å². The molecule has 128 valence electrons. The van der Waals surface area contributed by atoms with E-state index in [0.717, 1.165) is 12.0 Å². The third-order valence-corrected chi connectivity index (χ3v) is 4.99. The molecule has 25 heavy (non-hydrogen) atoms. The highest BCUT2D eigenvalue weighted by molar-refractivity contribution is 5.98. The molecule has 0 aliphatic carbocycles. The first-order valence-corrected chi connectivity index (χ1v) is 8.15. The number of hydrogen-bond acceptors (Lipinski definition) is 6. The molecule has 1 unspecified atom stereocenters. The van der Waals surface area contributed by atoms with Gasteiger partial charge in [-0.3, -0.25) is 4.79 Å². The minimum Gasteiger partial charge on any atom is -0.496 e. The van der Waals surface area contributed by atoms with Crippen LogP contribution in [0, 0.1) is 0 Å². The Kier molecular flexibility index (Phi) is 3.00. The number of benzene rings is 2. The molecule has 1 fully saturated rings. The van der Waals surface area contributed by atoms with Crippen molar-refractivity contribution < 1.29 is 23.4 Å². The topological polar surface area (TPSA) is 67.1 Å². The molecule has 0 N–H and O–H groups in total. The molecular weight excluding hydrogens is 324 g/mol. The first kappa shape index (κ1) is 14.6. The summed E-state index contributed by atoms with van der Waals surface area (Å²) in [5.74, 6) is 1.63. The lowest BCUT2D eigenvalue weighted by atomic mass is 9.95. The molecule has 2 atom stereocenters. The van der Waals surface area contributed by atoms with Gasteiger partial charge in [-0.15, -0.1) is 0 Å². The maximum absolute atomic E-state index is 13.2. The van der Waals surface area contributed by atoms with E-state index in [0.29, 0.717) is 45.8 Å². The summed E-state index contributed by atoms with van der Waals surface area (Å²) in [4.78, 5) is 13.2. The smallest absolute Gasteiger partial charge is 0.208 e. The second-order valence-electron chi connectivity index (χ2n) is 6.21. The fourth-order valence-electron chi connectivity index (χ4n) is 3.87. The zero-order chi connectivity index (χ0) is 17.1. The monoisotopic (exact) mass is 340 g/mol. The SMILES string of the molecule is COc1cccc2oc3c4c(cc(OC)c3c(=O)c12)O[C@H]1OCCC41. The highest BCUT2D eigenvalue weighted by Crippen LogP contribution is 2.50. The van der Waals surface area contributed by atoms with Crippen LogP contribution >= 0.6 is 0 Å². The molecule has 0 saturated carbocycles. The van der Waals surface area contributed by atoms with Gasteiger partial charge in [-0.05, 0) is 18.6 Å². The molecule has 3 aromatic rings. The highest BCUT2D eigenvalue weighted by Gasteiger charge is 2.42. The lowest BCUT2D eigenvalue weighted by Crippen LogP contribution is -2.13. The summed E-state index contributed by atoms with van der Waals surface area (Å²) in [5.41, 5.74) is 1.71. The van der Waals surface area contributed by atoms with Crippen LogP contribution in [0.4, 0.5) is 0 Å². The Morgan fingerprint density at radius 1 is 1.12 bits per heavy atom. The average molecular weight is 340 g/mol. The number of ether oxygens (including phenoxy) is 4. The van der Waals surface area contributed by atoms with E-state index < -0.39 is 0 Å². The van der Waals surface area contributed by atoms with Crippen LogP contribution in [-0.4, -0.2) is 27.1 Å². The Balaban J connectivity index is 1.96. The number of hydrogen-bond donors (Lipinski definition) is 0. The average Bonchev–Trinajstić information content (AvgIpc) is 3.20. The molecule has 0 radical (unpaired) electrons. The van der Waals surface area contributed by atoms with E-state index in [1.54, 1.807) is 24.3 Å². The van der Waals surface area contributed by atoms with Crippen molar-refractivity contribution in [3.8, 4) is 17.2 Å². The minimum atomic E-state index is -0.323. The van der Waals surface area contributed by atoms with Crippen LogP contribution < -0.4 is 19.6 Å². The molecule has 3 heterocycles. The van der Waals surface area contributed by atoms with Crippen molar-refractivity contribution in [1.82, 2.24) is 0 Å². The summed E-state index contributed by atoms with van der Waals surface area (Å²) < 4.78 is 28.5. The normalized spacial score (nSPS) is 21.2. The van der Waals surface area contributed by atoms with Crippen molar-refractivity contribution >= 4 is 21.9 Å². The van der Waals surface area contributed by atoms with Gasteiger partial charge in [-0.25, -0.2) is 0 Å². The standard InChI is InChI=1S/C19H16O6/c1-21-10-4-3-5-11-15(10)17(20)16-12(22-2)8-13-14(18(16)24-11)9-6-7-23-19(9)25-13/h3-5,8-9,19H,6-7H2,1-2H3/t9?,19-/m1/s1. The number of rotatable bonds is 2.